The van der Waals surface area contributed by atoms with E-state index in [-0.39, 0.29) is 29.6 Å². The van der Waals surface area contributed by atoms with Gasteiger partial charge in [0, 0.05) is 0 Å². The number of hydrogen-bond acceptors (Lipinski definition) is 2. The molecule has 0 saturated heterocycles. The number of rotatable bonds is 1. The summed E-state index contributed by atoms with van der Waals surface area (Å²) in [4.78, 5) is 0.772. The molecule has 0 aromatic heterocycles. The molecule has 3 heteroatoms. The molecule has 2 rings (SSSR count). The van der Waals surface area contributed by atoms with Crippen LogP contribution in [0.5, 0.6) is 0 Å². The summed E-state index contributed by atoms with van der Waals surface area (Å²) >= 11 is 0.534. The van der Waals surface area contributed by atoms with Crippen LogP contribution in [-0.4, -0.2) is 4.55 Å². The van der Waals surface area contributed by atoms with Crippen LogP contribution in [0.2, 0.25) is 0 Å². The van der Waals surface area contributed by atoms with Crippen LogP contribution < -0.4 is 29.6 Å². The summed E-state index contributed by atoms with van der Waals surface area (Å²) in [7, 11) is 0. The number of hydrogen-bond donors (Lipinski definition) is 0. The minimum Gasteiger partial charge on any atom is -0.795 e. The van der Waals surface area contributed by atoms with E-state index in [1.54, 1.807) is 0 Å². The predicted molar refractivity (Wildman–Crippen MR) is 50.6 cm³/mol. The van der Waals surface area contributed by atoms with Gasteiger partial charge >= 0.3 is 29.6 Å². The van der Waals surface area contributed by atoms with Gasteiger partial charge in [0.2, 0.25) is 0 Å². The average molecular weight is 198 g/mol. The van der Waals surface area contributed by atoms with Gasteiger partial charge in [0.05, 0.1) is 0 Å². The van der Waals surface area contributed by atoms with E-state index in [1.165, 1.54) is 5.39 Å². The van der Waals surface area contributed by atoms with E-state index >= 15 is 0 Å². The van der Waals surface area contributed by atoms with Crippen LogP contribution in [-0.2, 0) is 0 Å². The van der Waals surface area contributed by atoms with Crippen molar-refractivity contribution in [3.8, 4) is 0 Å². The molecule has 2 aromatic carbocycles. The molecule has 0 amide bonds. The maximum absolute atomic E-state index is 10.5. The largest absolute Gasteiger partial charge is 1.00 e. The molecule has 0 aliphatic rings. The van der Waals surface area contributed by atoms with Crippen molar-refractivity contribution in [2.75, 3.05) is 0 Å². The van der Waals surface area contributed by atoms with Crippen LogP contribution in [0.4, 0.5) is 0 Å². The Balaban J connectivity index is 0.000000845. The second kappa shape index (κ2) is 5.03. The van der Waals surface area contributed by atoms with Gasteiger partial charge in [0.15, 0.2) is 0 Å². The molecule has 0 fully saturated rings. The summed E-state index contributed by atoms with van der Waals surface area (Å²) in [5.74, 6) is 0. The van der Waals surface area contributed by atoms with Crippen molar-refractivity contribution >= 4 is 22.8 Å². The molecule has 0 radical (unpaired) electrons. The van der Waals surface area contributed by atoms with Crippen molar-refractivity contribution in [1.29, 1.82) is 0 Å². The molecular formula is C10H7NaOS. The van der Waals surface area contributed by atoms with Gasteiger partial charge in [-0.2, -0.15) is 0 Å². The molecule has 0 aliphatic carbocycles. The summed E-state index contributed by atoms with van der Waals surface area (Å²) in [6.07, 6.45) is 0. The summed E-state index contributed by atoms with van der Waals surface area (Å²) in [6.45, 7) is 0. The first-order chi connectivity index (χ1) is 5.90. The standard InChI is InChI=1S/C10H8OS.Na/c11-12-10-6-5-8-3-1-2-4-9(8)7-10;/h1-7,11H;/q;+1/p-1. The summed E-state index contributed by atoms with van der Waals surface area (Å²) < 4.78 is 10.5. The van der Waals surface area contributed by atoms with Crippen LogP contribution >= 0.6 is 12.0 Å². The molecular weight excluding hydrogens is 191 g/mol. The Labute approximate surface area is 104 Å². The predicted octanol–water partition coefficient (Wildman–Crippen LogP) is 0.0663. The summed E-state index contributed by atoms with van der Waals surface area (Å²) in [5, 5.41) is 2.30. The Bertz CT molecular complexity index is 403. The molecule has 0 N–H and O–H groups in total. The van der Waals surface area contributed by atoms with Crippen LogP contribution in [0.3, 0.4) is 0 Å². The molecule has 0 heterocycles. The van der Waals surface area contributed by atoms with E-state index in [2.05, 4.69) is 0 Å². The van der Waals surface area contributed by atoms with Crippen molar-refractivity contribution < 1.29 is 34.1 Å². The normalized spacial score (nSPS) is 9.62. The Morgan fingerprint density at radius 3 is 2.31 bits per heavy atom. The van der Waals surface area contributed by atoms with Crippen molar-refractivity contribution in [3.63, 3.8) is 0 Å². The first-order valence-electron chi connectivity index (χ1n) is 3.69. The SMILES string of the molecule is [Na+].[O-]Sc1ccc2ccccc2c1. The van der Waals surface area contributed by atoms with Gasteiger partial charge in [0.25, 0.3) is 0 Å². The van der Waals surface area contributed by atoms with Gasteiger partial charge < -0.3 is 4.55 Å². The van der Waals surface area contributed by atoms with Gasteiger partial charge in [-0.15, -0.1) is 0 Å². The zero-order valence-electron chi connectivity index (χ0n) is 7.36. The third kappa shape index (κ3) is 2.48. The van der Waals surface area contributed by atoms with Crippen molar-refractivity contribution in [2.45, 2.75) is 4.90 Å². The molecule has 0 unspecified atom stereocenters. The molecule has 0 aliphatic heterocycles. The van der Waals surface area contributed by atoms with E-state index in [0.29, 0.717) is 12.0 Å². The molecule has 1 nitrogen and oxygen atoms in total. The third-order valence-electron chi connectivity index (χ3n) is 1.82. The van der Waals surface area contributed by atoms with Gasteiger partial charge in [-0.3, -0.25) is 0 Å². The Morgan fingerprint density at radius 2 is 1.62 bits per heavy atom. The van der Waals surface area contributed by atoms with Crippen LogP contribution in [0.25, 0.3) is 10.8 Å². The molecule has 13 heavy (non-hydrogen) atoms. The first kappa shape index (κ1) is 11.1. The minimum atomic E-state index is 0. The Kier molecular flexibility index (Phi) is 4.29. The van der Waals surface area contributed by atoms with E-state index in [4.69, 9.17) is 0 Å². The molecule has 0 atom stereocenters. The van der Waals surface area contributed by atoms with E-state index < -0.39 is 0 Å². The Hall–Kier alpha value is 0.0100. The van der Waals surface area contributed by atoms with Crippen molar-refractivity contribution in [1.82, 2.24) is 0 Å². The van der Waals surface area contributed by atoms with Gasteiger partial charge in [-0.05, 0) is 27.8 Å². The van der Waals surface area contributed by atoms with Crippen LogP contribution in [0, 0.1) is 0 Å². The van der Waals surface area contributed by atoms with Crippen molar-refractivity contribution in [2.24, 2.45) is 0 Å². The molecule has 0 saturated carbocycles. The van der Waals surface area contributed by atoms with Gasteiger partial charge in [-0.25, -0.2) is 12.0 Å². The van der Waals surface area contributed by atoms with Crippen LogP contribution in [0.1, 0.15) is 0 Å². The fraction of sp³-hybridized carbons (Fsp3) is 0. The summed E-state index contributed by atoms with van der Waals surface area (Å²) in [6, 6.07) is 13.7. The summed E-state index contributed by atoms with van der Waals surface area (Å²) in [5.41, 5.74) is 0. The van der Waals surface area contributed by atoms with Gasteiger partial charge in [-0.1, -0.05) is 30.3 Å². The maximum Gasteiger partial charge on any atom is 1.00 e. The molecule has 0 spiro atoms. The average Bonchev–Trinajstić information content (AvgIpc) is 2.17. The van der Waals surface area contributed by atoms with Crippen molar-refractivity contribution in [3.05, 3.63) is 42.5 Å². The topological polar surface area (TPSA) is 23.1 Å². The quantitative estimate of drug-likeness (QED) is 0.478. The van der Waals surface area contributed by atoms with E-state index in [1.807, 2.05) is 42.5 Å². The maximum atomic E-state index is 10.5. The Morgan fingerprint density at radius 1 is 0.923 bits per heavy atom. The van der Waals surface area contributed by atoms with Gasteiger partial charge in [0.1, 0.15) is 0 Å². The second-order valence-electron chi connectivity index (χ2n) is 2.59. The minimum absolute atomic E-state index is 0. The zero-order chi connectivity index (χ0) is 8.39. The molecule has 2 aromatic rings. The first-order valence-corrected chi connectivity index (χ1v) is 4.43. The van der Waals surface area contributed by atoms with Crippen LogP contribution in [0.15, 0.2) is 47.4 Å². The third-order valence-corrected chi connectivity index (χ3v) is 2.26. The number of benzene rings is 2. The van der Waals surface area contributed by atoms with E-state index in [9.17, 15) is 4.55 Å². The second-order valence-corrected chi connectivity index (χ2v) is 3.23. The molecule has 0 bridgehead atoms. The molecule has 60 valence electrons. The van der Waals surface area contributed by atoms with E-state index in [0.717, 1.165) is 10.3 Å². The number of fused-ring (bicyclic) bond motifs is 1. The smallest absolute Gasteiger partial charge is 0.795 e. The fourth-order valence-corrected chi connectivity index (χ4v) is 1.52. The monoisotopic (exact) mass is 198 g/mol. The zero-order valence-corrected chi connectivity index (χ0v) is 10.2. The fourth-order valence-electron chi connectivity index (χ4n) is 1.22.